The fourth-order valence-corrected chi connectivity index (χ4v) is 0.629. The zero-order chi connectivity index (χ0) is 8.20. The Hall–Kier alpha value is -0.610. The minimum atomic E-state index is -1.40. The van der Waals surface area contributed by atoms with E-state index in [1.807, 2.05) is 0 Å². The molecule has 0 bridgehead atoms. The molecule has 59 valence electrons. The van der Waals surface area contributed by atoms with Gasteiger partial charge in [0.15, 0.2) is 0 Å². The number of nitrogens with two attached hydrogens (primary N) is 1. The molecule has 1 unspecified atom stereocenters. The van der Waals surface area contributed by atoms with Gasteiger partial charge in [-0.15, -0.1) is 0 Å². The van der Waals surface area contributed by atoms with Gasteiger partial charge in [-0.3, -0.25) is 4.79 Å². The molecule has 0 saturated heterocycles. The quantitative estimate of drug-likeness (QED) is 0.445. The topological polar surface area (TPSA) is 75.3 Å². The number of carbonyl (C=O) groups excluding carboxylic acids is 1. The number of aliphatic hydroxyl groups is 1. The molecule has 4 nitrogen and oxygen atoms in total. The lowest BCUT2D eigenvalue weighted by Crippen LogP contribution is -2.46. The van der Waals surface area contributed by atoms with E-state index in [1.54, 1.807) is 0 Å². The van der Waals surface area contributed by atoms with E-state index in [0.717, 1.165) is 0 Å². The summed E-state index contributed by atoms with van der Waals surface area (Å²) in [6.07, 6.45) is 0.257. The van der Waals surface area contributed by atoms with Crippen molar-refractivity contribution >= 4 is 5.91 Å². The minimum absolute atomic E-state index is 0.257. The Balaban J connectivity index is 3.74. The number of nitrogens with one attached hydrogen (secondary N) is 1. The molecule has 0 saturated carbocycles. The highest BCUT2D eigenvalue weighted by Crippen LogP contribution is 2.00. The van der Waals surface area contributed by atoms with Gasteiger partial charge in [-0.25, -0.2) is 0 Å². The fourth-order valence-electron chi connectivity index (χ4n) is 0.629. The molecule has 0 fully saturated rings. The highest BCUT2D eigenvalue weighted by molar-refractivity contribution is 5.73. The number of amides is 1. The second-order valence-corrected chi connectivity index (χ2v) is 2.25. The fraction of sp³-hybridized carbons (Fsp3) is 0.667. The number of rotatable bonds is 3. The van der Waals surface area contributed by atoms with Crippen molar-refractivity contribution in [2.45, 2.75) is 19.1 Å². The lowest BCUT2D eigenvalue weighted by atomic mass is 10.2. The lowest BCUT2D eigenvalue weighted by molar-refractivity contribution is -0.124. The number of carbonyl (C=O) groups is 1. The Kier molecular flexibility index (Phi) is 3.32. The normalized spacial score (nSPS) is 16.0. The molecule has 4 N–H and O–H groups in total. The Morgan fingerprint density at radius 2 is 2.40 bits per heavy atom. The largest absolute Gasteiger partial charge is 0.371 e. The van der Waals surface area contributed by atoms with E-state index in [9.17, 15) is 4.79 Å². The lowest BCUT2D eigenvalue weighted by Gasteiger charge is -2.22. The molecule has 0 aliphatic heterocycles. The third-order valence-corrected chi connectivity index (χ3v) is 0.967. The first kappa shape index (κ1) is 9.39. The summed E-state index contributed by atoms with van der Waals surface area (Å²) in [6.45, 7) is 4.95. The Bertz CT molecular complexity index is 123. The van der Waals surface area contributed by atoms with E-state index in [4.69, 9.17) is 10.8 Å². The second kappa shape index (κ2) is 3.53. The van der Waals surface area contributed by atoms with Crippen LogP contribution in [0.25, 0.3) is 0 Å². The molecule has 0 heterocycles. The summed E-state index contributed by atoms with van der Waals surface area (Å²) in [4.78, 5) is 10.4. The molecule has 4 heteroatoms. The predicted octanol–water partition coefficient (Wildman–Crippen LogP) is -1.01. The summed E-state index contributed by atoms with van der Waals surface area (Å²) in [5.74, 6) is -0.314. The average Bonchev–Trinajstić information content (AvgIpc) is 1.59. The number of hydrogen-bond donors (Lipinski definition) is 3. The van der Waals surface area contributed by atoms with Crippen molar-refractivity contribution < 1.29 is 9.90 Å². The van der Waals surface area contributed by atoms with E-state index < -0.39 is 5.72 Å². The van der Waals surface area contributed by atoms with Crippen molar-refractivity contribution in [2.24, 2.45) is 5.73 Å². The Morgan fingerprint density at radius 1 is 1.90 bits per heavy atom. The monoisotopic (exact) mass is 145 g/mol. The van der Waals surface area contributed by atoms with Gasteiger partial charge in [0.05, 0.1) is 0 Å². The highest BCUT2D eigenvalue weighted by Gasteiger charge is 2.19. The Labute approximate surface area is 60.4 Å². The van der Waals surface area contributed by atoms with Crippen LogP contribution in [0.5, 0.6) is 0 Å². The van der Waals surface area contributed by atoms with Crippen molar-refractivity contribution in [3.8, 4) is 0 Å². The van der Waals surface area contributed by atoms with E-state index in [0.29, 0.717) is 6.54 Å². The average molecular weight is 145 g/mol. The molecule has 0 aliphatic carbocycles. The van der Waals surface area contributed by atoms with Gasteiger partial charge in [0.1, 0.15) is 5.72 Å². The molecule has 0 aromatic rings. The van der Waals surface area contributed by atoms with Crippen LogP contribution in [0.15, 0.2) is 0 Å². The molecule has 10 heavy (non-hydrogen) atoms. The van der Waals surface area contributed by atoms with Crippen molar-refractivity contribution in [3.05, 3.63) is 6.92 Å². The van der Waals surface area contributed by atoms with Crippen LogP contribution in [0, 0.1) is 6.92 Å². The number of hydrogen-bond acceptors (Lipinski definition) is 3. The van der Waals surface area contributed by atoms with Crippen molar-refractivity contribution in [1.29, 1.82) is 0 Å². The first-order valence-electron chi connectivity index (χ1n) is 3.04. The first-order valence-corrected chi connectivity index (χ1v) is 3.04. The maximum Gasteiger partial charge on any atom is 0.219 e. The highest BCUT2D eigenvalue weighted by atomic mass is 16.3. The van der Waals surface area contributed by atoms with Crippen molar-refractivity contribution in [2.75, 3.05) is 6.54 Å². The third-order valence-electron chi connectivity index (χ3n) is 0.967. The SMILES string of the molecule is [CH2]C(O)(CCN)NC(C)=O. The summed E-state index contributed by atoms with van der Waals surface area (Å²) < 4.78 is 0. The summed E-state index contributed by atoms with van der Waals surface area (Å²) in [7, 11) is 0. The molecule has 1 atom stereocenters. The summed E-state index contributed by atoms with van der Waals surface area (Å²) in [5, 5.41) is 11.4. The molecule has 0 rings (SSSR count). The molecular formula is C6H13N2O2. The minimum Gasteiger partial charge on any atom is -0.371 e. The van der Waals surface area contributed by atoms with Gasteiger partial charge in [-0.1, -0.05) is 0 Å². The molecule has 1 radical (unpaired) electrons. The van der Waals surface area contributed by atoms with Gasteiger partial charge >= 0.3 is 0 Å². The van der Waals surface area contributed by atoms with Gasteiger partial charge in [0.25, 0.3) is 0 Å². The molecule has 0 aliphatic rings. The summed E-state index contributed by atoms with van der Waals surface area (Å²) in [6, 6.07) is 0. The maximum atomic E-state index is 10.4. The zero-order valence-electron chi connectivity index (χ0n) is 6.05. The second-order valence-electron chi connectivity index (χ2n) is 2.25. The maximum absolute atomic E-state index is 10.4. The van der Waals surface area contributed by atoms with Crippen LogP contribution < -0.4 is 11.1 Å². The van der Waals surface area contributed by atoms with Gasteiger partial charge < -0.3 is 16.2 Å². The van der Waals surface area contributed by atoms with E-state index in [-0.39, 0.29) is 12.3 Å². The van der Waals surface area contributed by atoms with Crippen LogP contribution in [-0.2, 0) is 4.79 Å². The standard InChI is InChI=1S/C6H13N2O2/c1-5(9)8-6(2,10)3-4-7/h10H,2-4,7H2,1H3,(H,8,9). The van der Waals surface area contributed by atoms with E-state index >= 15 is 0 Å². The van der Waals surface area contributed by atoms with Crippen LogP contribution in [0.3, 0.4) is 0 Å². The van der Waals surface area contributed by atoms with Crippen molar-refractivity contribution in [1.82, 2.24) is 5.32 Å². The predicted molar refractivity (Wildman–Crippen MR) is 37.8 cm³/mol. The van der Waals surface area contributed by atoms with Crippen LogP contribution >= 0.6 is 0 Å². The molecule has 1 amide bonds. The van der Waals surface area contributed by atoms with Crippen LogP contribution in [-0.4, -0.2) is 23.3 Å². The molecule has 0 aromatic carbocycles. The van der Waals surface area contributed by atoms with Gasteiger partial charge in [0, 0.05) is 13.3 Å². The third kappa shape index (κ3) is 4.29. The van der Waals surface area contributed by atoms with Crippen molar-refractivity contribution in [3.63, 3.8) is 0 Å². The molecule has 0 aromatic heterocycles. The summed E-state index contributed by atoms with van der Waals surface area (Å²) >= 11 is 0. The smallest absolute Gasteiger partial charge is 0.219 e. The van der Waals surface area contributed by atoms with Gasteiger partial charge in [0.2, 0.25) is 5.91 Å². The molecule has 0 spiro atoms. The van der Waals surface area contributed by atoms with Crippen LogP contribution in [0.2, 0.25) is 0 Å². The van der Waals surface area contributed by atoms with Crippen LogP contribution in [0.4, 0.5) is 0 Å². The first-order chi connectivity index (χ1) is 4.48. The molecular weight excluding hydrogens is 132 g/mol. The zero-order valence-corrected chi connectivity index (χ0v) is 6.05. The van der Waals surface area contributed by atoms with Crippen LogP contribution in [0.1, 0.15) is 13.3 Å². The van der Waals surface area contributed by atoms with E-state index in [2.05, 4.69) is 12.2 Å². The Morgan fingerprint density at radius 3 is 2.70 bits per heavy atom. The van der Waals surface area contributed by atoms with Gasteiger partial charge in [-0.05, 0) is 13.5 Å². The van der Waals surface area contributed by atoms with Gasteiger partial charge in [-0.2, -0.15) is 0 Å². The summed E-state index contributed by atoms with van der Waals surface area (Å²) in [5.41, 5.74) is 3.74. The van der Waals surface area contributed by atoms with E-state index in [1.165, 1.54) is 6.92 Å².